The Bertz CT molecular complexity index is 315. The standard InChI is InChI=1S/C11H18ClN3/c1-2-11(5-3-4-6-11)8-15-9-13-14-10(15)7-12/h9H,2-8H2,1H3. The minimum Gasteiger partial charge on any atom is -0.316 e. The molecule has 0 saturated heterocycles. The predicted octanol–water partition coefficient (Wildman–Crippen LogP) is 2.99. The van der Waals surface area contributed by atoms with Crippen LogP contribution in [0.1, 0.15) is 44.9 Å². The normalized spacial score (nSPS) is 19.6. The van der Waals surface area contributed by atoms with Crippen LogP contribution in [0.5, 0.6) is 0 Å². The first-order chi connectivity index (χ1) is 7.29. The Hall–Kier alpha value is -0.570. The van der Waals surface area contributed by atoms with Gasteiger partial charge in [0.15, 0.2) is 0 Å². The van der Waals surface area contributed by atoms with Crippen molar-refractivity contribution in [2.75, 3.05) is 0 Å². The summed E-state index contributed by atoms with van der Waals surface area (Å²) < 4.78 is 2.13. The summed E-state index contributed by atoms with van der Waals surface area (Å²) in [5.41, 5.74) is 0.475. The number of hydrogen-bond donors (Lipinski definition) is 0. The summed E-state index contributed by atoms with van der Waals surface area (Å²) in [6, 6.07) is 0. The molecule has 1 fully saturated rings. The van der Waals surface area contributed by atoms with E-state index in [0.29, 0.717) is 11.3 Å². The Balaban J connectivity index is 2.12. The van der Waals surface area contributed by atoms with E-state index < -0.39 is 0 Å². The molecule has 1 aliphatic rings. The summed E-state index contributed by atoms with van der Waals surface area (Å²) in [5.74, 6) is 1.36. The van der Waals surface area contributed by atoms with E-state index in [1.807, 2.05) is 6.33 Å². The van der Waals surface area contributed by atoms with Crippen molar-refractivity contribution >= 4 is 11.6 Å². The molecular weight excluding hydrogens is 210 g/mol. The van der Waals surface area contributed by atoms with Crippen LogP contribution in [-0.4, -0.2) is 14.8 Å². The summed E-state index contributed by atoms with van der Waals surface area (Å²) in [6.07, 6.45) is 8.46. The Kier molecular flexibility index (Phi) is 3.29. The molecular formula is C11H18ClN3. The molecule has 0 radical (unpaired) electrons. The maximum atomic E-state index is 5.82. The van der Waals surface area contributed by atoms with Gasteiger partial charge in [-0.05, 0) is 24.7 Å². The van der Waals surface area contributed by atoms with E-state index in [0.717, 1.165) is 12.4 Å². The van der Waals surface area contributed by atoms with E-state index in [2.05, 4.69) is 21.7 Å². The molecule has 84 valence electrons. The van der Waals surface area contributed by atoms with Crippen LogP contribution in [0, 0.1) is 5.41 Å². The molecule has 1 aromatic rings. The van der Waals surface area contributed by atoms with Crippen LogP contribution < -0.4 is 0 Å². The Labute approximate surface area is 95.8 Å². The van der Waals surface area contributed by atoms with Gasteiger partial charge in [-0.25, -0.2) is 0 Å². The molecule has 4 heteroatoms. The number of halogens is 1. The molecule has 1 saturated carbocycles. The molecule has 0 unspecified atom stereocenters. The van der Waals surface area contributed by atoms with Crippen molar-refractivity contribution in [3.63, 3.8) is 0 Å². The van der Waals surface area contributed by atoms with Crippen LogP contribution in [0.25, 0.3) is 0 Å². The first-order valence-corrected chi connectivity index (χ1v) is 6.26. The van der Waals surface area contributed by atoms with Gasteiger partial charge in [-0.2, -0.15) is 0 Å². The highest BCUT2D eigenvalue weighted by Gasteiger charge is 2.32. The van der Waals surface area contributed by atoms with Gasteiger partial charge >= 0.3 is 0 Å². The molecule has 0 spiro atoms. The Morgan fingerprint density at radius 1 is 1.47 bits per heavy atom. The molecule has 2 rings (SSSR count). The van der Waals surface area contributed by atoms with Gasteiger partial charge in [0.05, 0.1) is 5.88 Å². The van der Waals surface area contributed by atoms with Crippen LogP contribution in [0.4, 0.5) is 0 Å². The molecule has 1 aromatic heterocycles. The molecule has 1 heterocycles. The van der Waals surface area contributed by atoms with Crippen molar-refractivity contribution in [2.24, 2.45) is 5.41 Å². The van der Waals surface area contributed by atoms with Crippen molar-refractivity contribution < 1.29 is 0 Å². The molecule has 3 nitrogen and oxygen atoms in total. The minimum atomic E-state index is 0.458. The van der Waals surface area contributed by atoms with Crippen LogP contribution >= 0.6 is 11.6 Å². The van der Waals surface area contributed by atoms with Crippen LogP contribution in [0.2, 0.25) is 0 Å². The van der Waals surface area contributed by atoms with Gasteiger partial charge in [0.1, 0.15) is 12.2 Å². The zero-order valence-electron chi connectivity index (χ0n) is 9.25. The van der Waals surface area contributed by atoms with Crippen LogP contribution in [-0.2, 0) is 12.4 Å². The van der Waals surface area contributed by atoms with Gasteiger partial charge < -0.3 is 4.57 Å². The first-order valence-electron chi connectivity index (χ1n) is 5.72. The molecule has 0 N–H and O–H groups in total. The minimum absolute atomic E-state index is 0.458. The number of alkyl halides is 1. The van der Waals surface area contributed by atoms with Crippen LogP contribution in [0.3, 0.4) is 0 Å². The lowest BCUT2D eigenvalue weighted by Gasteiger charge is -2.28. The van der Waals surface area contributed by atoms with Crippen LogP contribution in [0.15, 0.2) is 6.33 Å². The highest BCUT2D eigenvalue weighted by molar-refractivity contribution is 6.16. The average Bonchev–Trinajstić information content (AvgIpc) is 2.88. The van der Waals surface area contributed by atoms with E-state index in [1.54, 1.807) is 0 Å². The third-order valence-electron chi connectivity index (χ3n) is 3.74. The molecule has 0 bridgehead atoms. The van der Waals surface area contributed by atoms with E-state index in [4.69, 9.17) is 11.6 Å². The SMILES string of the molecule is CCC1(Cn2cnnc2CCl)CCCC1. The quantitative estimate of drug-likeness (QED) is 0.741. The van der Waals surface area contributed by atoms with Gasteiger partial charge in [0.25, 0.3) is 0 Å². The van der Waals surface area contributed by atoms with Crippen molar-refractivity contribution in [1.29, 1.82) is 0 Å². The molecule has 0 atom stereocenters. The topological polar surface area (TPSA) is 30.7 Å². The zero-order chi connectivity index (χ0) is 10.7. The summed E-state index contributed by atoms with van der Waals surface area (Å²) in [4.78, 5) is 0. The molecule has 0 aromatic carbocycles. The fourth-order valence-corrected chi connectivity index (χ4v) is 2.83. The van der Waals surface area contributed by atoms with E-state index in [-0.39, 0.29) is 0 Å². The number of nitrogens with zero attached hydrogens (tertiary/aromatic N) is 3. The lowest BCUT2D eigenvalue weighted by Crippen LogP contribution is -2.23. The smallest absolute Gasteiger partial charge is 0.147 e. The molecule has 1 aliphatic carbocycles. The second kappa shape index (κ2) is 4.52. The van der Waals surface area contributed by atoms with Gasteiger partial charge in [0.2, 0.25) is 0 Å². The number of hydrogen-bond acceptors (Lipinski definition) is 2. The lowest BCUT2D eigenvalue weighted by molar-refractivity contribution is 0.235. The average molecular weight is 228 g/mol. The van der Waals surface area contributed by atoms with Crippen molar-refractivity contribution in [3.05, 3.63) is 12.2 Å². The summed E-state index contributed by atoms with van der Waals surface area (Å²) in [6.45, 7) is 3.33. The largest absolute Gasteiger partial charge is 0.316 e. The maximum absolute atomic E-state index is 5.82. The van der Waals surface area contributed by atoms with Gasteiger partial charge in [0, 0.05) is 6.54 Å². The Morgan fingerprint density at radius 3 is 2.80 bits per heavy atom. The monoisotopic (exact) mass is 227 g/mol. The van der Waals surface area contributed by atoms with Gasteiger partial charge in [-0.1, -0.05) is 19.8 Å². The lowest BCUT2D eigenvalue weighted by atomic mass is 9.83. The second-order valence-corrected chi connectivity index (χ2v) is 4.84. The van der Waals surface area contributed by atoms with Gasteiger partial charge in [-0.15, -0.1) is 21.8 Å². The molecule has 15 heavy (non-hydrogen) atoms. The van der Waals surface area contributed by atoms with Crippen molar-refractivity contribution in [2.45, 2.75) is 51.5 Å². The van der Waals surface area contributed by atoms with E-state index in [1.165, 1.54) is 32.1 Å². The fraction of sp³-hybridized carbons (Fsp3) is 0.818. The van der Waals surface area contributed by atoms with E-state index in [9.17, 15) is 0 Å². The first kappa shape index (κ1) is 10.9. The number of aromatic nitrogens is 3. The summed E-state index contributed by atoms with van der Waals surface area (Å²) >= 11 is 5.82. The van der Waals surface area contributed by atoms with E-state index >= 15 is 0 Å². The maximum Gasteiger partial charge on any atom is 0.147 e. The second-order valence-electron chi connectivity index (χ2n) is 4.57. The predicted molar refractivity (Wildman–Crippen MR) is 60.8 cm³/mol. The third-order valence-corrected chi connectivity index (χ3v) is 3.97. The zero-order valence-corrected chi connectivity index (χ0v) is 10.0. The third kappa shape index (κ3) is 2.17. The molecule has 0 aliphatic heterocycles. The van der Waals surface area contributed by atoms with Crippen molar-refractivity contribution in [1.82, 2.24) is 14.8 Å². The Morgan fingerprint density at radius 2 is 2.20 bits per heavy atom. The van der Waals surface area contributed by atoms with Crippen molar-refractivity contribution in [3.8, 4) is 0 Å². The fourth-order valence-electron chi connectivity index (χ4n) is 2.62. The molecule has 0 amide bonds. The highest BCUT2D eigenvalue weighted by atomic mass is 35.5. The summed E-state index contributed by atoms with van der Waals surface area (Å²) in [5, 5.41) is 7.95. The summed E-state index contributed by atoms with van der Waals surface area (Å²) in [7, 11) is 0. The van der Waals surface area contributed by atoms with Gasteiger partial charge in [-0.3, -0.25) is 0 Å². The highest BCUT2D eigenvalue weighted by Crippen LogP contribution is 2.42. The number of rotatable bonds is 4.